The zero-order chi connectivity index (χ0) is 21.4. The third kappa shape index (κ3) is 7.01. The number of rotatable bonds is 10. The third-order valence-electron chi connectivity index (χ3n) is 4.94. The summed E-state index contributed by atoms with van der Waals surface area (Å²) in [5, 5.41) is 13.3. The van der Waals surface area contributed by atoms with Crippen molar-refractivity contribution in [2.24, 2.45) is 11.1 Å². The highest BCUT2D eigenvalue weighted by Gasteiger charge is 2.43. The number of hydrogen-bond acceptors (Lipinski definition) is 6. The van der Waals surface area contributed by atoms with Crippen molar-refractivity contribution < 1.29 is 28.9 Å². The molecular formula is C22H33NO6. The van der Waals surface area contributed by atoms with Gasteiger partial charge in [0, 0.05) is 12.8 Å². The largest absolute Gasteiger partial charge is 0.491 e. The predicted molar refractivity (Wildman–Crippen MR) is 110 cm³/mol. The Morgan fingerprint density at radius 3 is 2.59 bits per heavy atom. The maximum atomic E-state index is 11.2. The molecule has 1 saturated heterocycles. The van der Waals surface area contributed by atoms with Gasteiger partial charge in [0.05, 0.1) is 24.5 Å². The van der Waals surface area contributed by atoms with E-state index in [4.69, 9.17) is 24.2 Å². The van der Waals surface area contributed by atoms with Crippen LogP contribution in [0.4, 0.5) is 0 Å². The molecule has 1 aromatic carbocycles. The maximum Gasteiger partial charge on any atom is 0.364 e. The molecule has 0 amide bonds. The molecule has 2 rings (SSSR count). The van der Waals surface area contributed by atoms with Gasteiger partial charge in [0.1, 0.15) is 12.4 Å². The third-order valence-corrected chi connectivity index (χ3v) is 4.94. The van der Waals surface area contributed by atoms with Gasteiger partial charge in [0.2, 0.25) is 0 Å². The second kappa shape index (κ2) is 10.6. The summed E-state index contributed by atoms with van der Waals surface area (Å²) in [5.41, 5.74) is 1.81. The SMILES string of the molecule is CC(=NOCCCCC1COC(C)(C(=O)O)OC1C)c1ccc(OC(C)C)cc1. The van der Waals surface area contributed by atoms with Crippen LogP contribution in [-0.4, -0.2) is 48.0 Å². The van der Waals surface area contributed by atoms with E-state index in [0.717, 1.165) is 36.3 Å². The standard InChI is InChI=1S/C22H33NO6/c1-15(2)28-20-11-9-18(10-12-20)16(3)23-27-13-7-6-8-19-14-26-22(5,21(24)25)29-17(19)4/h9-12,15,17,19H,6-8,13-14H2,1-5H3,(H,24,25). The van der Waals surface area contributed by atoms with Crippen LogP contribution in [0.5, 0.6) is 5.75 Å². The van der Waals surface area contributed by atoms with Gasteiger partial charge in [0.15, 0.2) is 0 Å². The van der Waals surface area contributed by atoms with E-state index in [1.54, 1.807) is 0 Å². The van der Waals surface area contributed by atoms with Crippen LogP contribution >= 0.6 is 0 Å². The first-order valence-corrected chi connectivity index (χ1v) is 10.2. The Morgan fingerprint density at radius 2 is 2.00 bits per heavy atom. The average molecular weight is 408 g/mol. The van der Waals surface area contributed by atoms with Crippen LogP contribution in [-0.2, 0) is 19.1 Å². The number of carboxylic acid groups (broad SMARTS) is 1. The molecule has 1 fully saturated rings. The molecule has 162 valence electrons. The number of unbranched alkanes of at least 4 members (excludes halogenated alkanes) is 1. The normalized spacial score (nSPS) is 25.1. The van der Waals surface area contributed by atoms with Gasteiger partial charge in [-0.15, -0.1) is 0 Å². The molecule has 1 N–H and O–H groups in total. The fraction of sp³-hybridized carbons (Fsp3) is 0.636. The molecule has 7 heteroatoms. The van der Waals surface area contributed by atoms with Crippen LogP contribution in [0.1, 0.15) is 59.4 Å². The highest BCUT2D eigenvalue weighted by Crippen LogP contribution is 2.29. The highest BCUT2D eigenvalue weighted by atomic mass is 16.7. The van der Waals surface area contributed by atoms with E-state index >= 15 is 0 Å². The lowest BCUT2D eigenvalue weighted by Crippen LogP contribution is -2.51. The number of carboxylic acids is 1. The van der Waals surface area contributed by atoms with Crippen LogP contribution in [0.2, 0.25) is 0 Å². The Kier molecular flexibility index (Phi) is 8.46. The minimum absolute atomic E-state index is 0.148. The average Bonchev–Trinajstić information content (AvgIpc) is 2.66. The van der Waals surface area contributed by atoms with E-state index in [1.807, 2.05) is 52.0 Å². The Bertz CT molecular complexity index is 687. The Balaban J connectivity index is 1.67. The molecule has 0 saturated carbocycles. The maximum absolute atomic E-state index is 11.2. The van der Waals surface area contributed by atoms with Crippen molar-refractivity contribution in [3.05, 3.63) is 29.8 Å². The van der Waals surface area contributed by atoms with Gasteiger partial charge in [-0.05, 0) is 76.8 Å². The van der Waals surface area contributed by atoms with Gasteiger partial charge in [-0.25, -0.2) is 4.79 Å². The van der Waals surface area contributed by atoms with E-state index in [-0.39, 0.29) is 18.1 Å². The van der Waals surface area contributed by atoms with E-state index in [0.29, 0.717) is 13.2 Å². The summed E-state index contributed by atoms with van der Waals surface area (Å²) in [6.07, 6.45) is 2.67. The summed E-state index contributed by atoms with van der Waals surface area (Å²) in [4.78, 5) is 16.6. The molecule has 1 aliphatic rings. The number of oxime groups is 1. The zero-order valence-corrected chi connectivity index (χ0v) is 18.0. The van der Waals surface area contributed by atoms with Crippen molar-refractivity contribution in [3.8, 4) is 5.75 Å². The van der Waals surface area contributed by atoms with Gasteiger partial charge in [-0.3, -0.25) is 0 Å². The molecule has 29 heavy (non-hydrogen) atoms. The summed E-state index contributed by atoms with van der Waals surface area (Å²) in [6, 6.07) is 7.79. The quantitative estimate of drug-likeness (QED) is 0.355. The number of carbonyl (C=O) groups is 1. The monoisotopic (exact) mass is 407 g/mol. The van der Waals surface area contributed by atoms with Crippen LogP contribution in [0.25, 0.3) is 0 Å². The summed E-state index contributed by atoms with van der Waals surface area (Å²) < 4.78 is 16.6. The minimum atomic E-state index is -1.54. The lowest BCUT2D eigenvalue weighted by atomic mass is 9.96. The highest BCUT2D eigenvalue weighted by molar-refractivity contribution is 5.98. The smallest absolute Gasteiger partial charge is 0.364 e. The topological polar surface area (TPSA) is 86.6 Å². The van der Waals surface area contributed by atoms with E-state index in [1.165, 1.54) is 6.92 Å². The van der Waals surface area contributed by atoms with Gasteiger partial charge >= 0.3 is 5.97 Å². The fourth-order valence-corrected chi connectivity index (χ4v) is 3.13. The molecule has 0 radical (unpaired) electrons. The van der Waals surface area contributed by atoms with Crippen molar-refractivity contribution in [2.75, 3.05) is 13.2 Å². The Labute approximate surface area is 173 Å². The van der Waals surface area contributed by atoms with Gasteiger partial charge in [-0.2, -0.15) is 0 Å². The van der Waals surface area contributed by atoms with Crippen molar-refractivity contribution in [3.63, 3.8) is 0 Å². The first-order chi connectivity index (χ1) is 13.7. The molecule has 1 aliphatic heterocycles. The molecular weight excluding hydrogens is 374 g/mol. The minimum Gasteiger partial charge on any atom is -0.491 e. The molecule has 3 atom stereocenters. The molecule has 3 unspecified atom stereocenters. The Hall–Kier alpha value is -2.12. The molecule has 0 bridgehead atoms. The van der Waals surface area contributed by atoms with Crippen LogP contribution in [0.15, 0.2) is 29.4 Å². The molecule has 1 heterocycles. The summed E-state index contributed by atoms with van der Waals surface area (Å²) in [6.45, 7) is 10.2. The van der Waals surface area contributed by atoms with Crippen molar-refractivity contribution in [1.29, 1.82) is 0 Å². The van der Waals surface area contributed by atoms with E-state index in [2.05, 4.69) is 5.16 Å². The van der Waals surface area contributed by atoms with Gasteiger partial charge in [0.25, 0.3) is 5.79 Å². The molecule has 0 aliphatic carbocycles. The Morgan fingerprint density at radius 1 is 1.31 bits per heavy atom. The van der Waals surface area contributed by atoms with Gasteiger partial charge < -0.3 is 24.2 Å². The predicted octanol–water partition coefficient (Wildman–Crippen LogP) is 4.24. The van der Waals surface area contributed by atoms with Crippen LogP contribution < -0.4 is 4.74 Å². The van der Waals surface area contributed by atoms with E-state index in [9.17, 15) is 4.79 Å². The van der Waals surface area contributed by atoms with Crippen molar-refractivity contribution in [2.45, 2.75) is 71.9 Å². The number of aliphatic carboxylic acids is 1. The van der Waals surface area contributed by atoms with Gasteiger partial charge in [-0.1, -0.05) is 5.16 Å². The fourth-order valence-electron chi connectivity index (χ4n) is 3.13. The number of ether oxygens (including phenoxy) is 3. The molecule has 0 aromatic heterocycles. The number of benzene rings is 1. The van der Waals surface area contributed by atoms with Crippen molar-refractivity contribution >= 4 is 11.7 Å². The summed E-state index contributed by atoms with van der Waals surface area (Å²) in [7, 11) is 0. The van der Waals surface area contributed by atoms with Crippen molar-refractivity contribution in [1.82, 2.24) is 0 Å². The molecule has 0 spiro atoms. The number of hydrogen-bond donors (Lipinski definition) is 1. The van der Waals surface area contributed by atoms with Crippen LogP contribution in [0, 0.1) is 5.92 Å². The second-order valence-corrected chi connectivity index (χ2v) is 7.84. The van der Waals surface area contributed by atoms with E-state index < -0.39 is 11.8 Å². The first kappa shape index (κ1) is 23.2. The summed E-state index contributed by atoms with van der Waals surface area (Å²) in [5.74, 6) is -1.61. The first-order valence-electron chi connectivity index (χ1n) is 10.2. The van der Waals surface area contributed by atoms with Crippen LogP contribution in [0.3, 0.4) is 0 Å². The molecule has 1 aromatic rings. The second-order valence-electron chi connectivity index (χ2n) is 7.84. The molecule has 7 nitrogen and oxygen atoms in total. The lowest BCUT2D eigenvalue weighted by Gasteiger charge is -2.39. The summed E-state index contributed by atoms with van der Waals surface area (Å²) >= 11 is 0. The zero-order valence-electron chi connectivity index (χ0n) is 18.0. The number of nitrogens with zero attached hydrogens (tertiary/aromatic N) is 1. The lowest BCUT2D eigenvalue weighted by molar-refractivity contribution is -0.292.